The molecule has 43 heavy (non-hydrogen) atoms. The van der Waals surface area contributed by atoms with Gasteiger partial charge in [-0.15, -0.1) is 10.6 Å². The minimum absolute atomic E-state index is 0.0957. The molecule has 0 saturated heterocycles. The number of methoxy groups -OCH3 is 1. The van der Waals surface area contributed by atoms with E-state index in [2.05, 4.69) is 70.7 Å². The molecule has 0 aliphatic carbocycles. The van der Waals surface area contributed by atoms with Crippen molar-refractivity contribution in [3.8, 4) is 28.3 Å². The maximum Gasteiger partial charge on any atom is 0.219 e. The largest absolute Gasteiger partial charge is 0.478 e. The molecular weight excluding hydrogens is 540 g/mol. The number of hydrazine groups is 2. The zero-order valence-corrected chi connectivity index (χ0v) is 25.8. The van der Waals surface area contributed by atoms with E-state index in [0.717, 1.165) is 73.3 Å². The van der Waals surface area contributed by atoms with Gasteiger partial charge in [-0.1, -0.05) is 74.5 Å². The van der Waals surface area contributed by atoms with Gasteiger partial charge in [0, 0.05) is 50.3 Å². The molecule has 0 fully saturated rings. The van der Waals surface area contributed by atoms with Crippen molar-refractivity contribution < 1.29 is 14.3 Å². The van der Waals surface area contributed by atoms with Crippen molar-refractivity contribution in [2.75, 3.05) is 33.4 Å². The summed E-state index contributed by atoms with van der Waals surface area (Å²) < 4.78 is 11.2. The van der Waals surface area contributed by atoms with Crippen LogP contribution < -0.4 is 21.1 Å². The number of amidine groups is 1. The molecule has 3 N–H and O–H groups in total. The Labute approximate surface area is 256 Å². The van der Waals surface area contributed by atoms with Crippen LogP contribution in [0.25, 0.3) is 22.4 Å². The summed E-state index contributed by atoms with van der Waals surface area (Å²) in [6.45, 7) is 7.13. The van der Waals surface area contributed by atoms with Crippen LogP contribution in [0.1, 0.15) is 58.8 Å². The SMILES string of the molecule is COCCCNC(=O)CCCCN1NNN=C1C(C)(C)CCCCOc1cc(-c2ccccc2)cc(-c2ccccc2)n1. The number of aromatic nitrogens is 1. The zero-order valence-electron chi connectivity index (χ0n) is 25.8. The van der Waals surface area contributed by atoms with Gasteiger partial charge in [0.1, 0.15) is 5.84 Å². The molecule has 0 spiro atoms. The fraction of sp³-hybridized carbons (Fsp3) is 0.441. The lowest BCUT2D eigenvalue weighted by Crippen LogP contribution is -2.46. The van der Waals surface area contributed by atoms with E-state index in [1.807, 2.05) is 42.5 Å². The fourth-order valence-electron chi connectivity index (χ4n) is 5.11. The Balaban J connectivity index is 1.23. The predicted octanol–water partition coefficient (Wildman–Crippen LogP) is 5.95. The molecule has 0 unspecified atom stereocenters. The molecule has 0 bridgehead atoms. The van der Waals surface area contributed by atoms with E-state index >= 15 is 0 Å². The van der Waals surface area contributed by atoms with Gasteiger partial charge in [0.15, 0.2) is 0 Å². The standard InChI is InChI=1S/C34H46N6O3/c1-34(2,33-37-38-39-40(33)22-12-10-19-31(41)35-21-14-23-42-3)20-11-13-24-43-32-26-29(27-15-6-4-7-16-27)25-30(36-32)28-17-8-5-9-18-28/h4-9,15-18,25-26,38-39H,10-14,19-24H2,1-3H3,(H,35,41). The Morgan fingerprint density at radius 3 is 2.37 bits per heavy atom. The molecule has 0 atom stereocenters. The van der Waals surface area contributed by atoms with Crippen LogP contribution in [-0.4, -0.2) is 55.1 Å². The first-order chi connectivity index (χ1) is 21.0. The Kier molecular flexibility index (Phi) is 12.4. The lowest BCUT2D eigenvalue weighted by Gasteiger charge is -2.30. The smallest absolute Gasteiger partial charge is 0.219 e. The molecule has 1 aromatic heterocycles. The highest BCUT2D eigenvalue weighted by Crippen LogP contribution is 2.30. The van der Waals surface area contributed by atoms with Gasteiger partial charge < -0.3 is 14.8 Å². The zero-order chi connectivity index (χ0) is 30.3. The fourth-order valence-corrected chi connectivity index (χ4v) is 5.11. The van der Waals surface area contributed by atoms with E-state index in [4.69, 9.17) is 14.5 Å². The summed E-state index contributed by atoms with van der Waals surface area (Å²) in [6, 6.07) is 24.7. The molecule has 9 nitrogen and oxygen atoms in total. The highest BCUT2D eigenvalue weighted by atomic mass is 16.5. The van der Waals surface area contributed by atoms with E-state index in [1.54, 1.807) is 7.11 Å². The van der Waals surface area contributed by atoms with Crippen LogP contribution in [0.5, 0.6) is 5.88 Å². The normalized spacial score (nSPS) is 13.0. The van der Waals surface area contributed by atoms with Crippen LogP contribution in [0.3, 0.4) is 0 Å². The van der Waals surface area contributed by atoms with Crippen molar-refractivity contribution in [2.45, 2.75) is 58.8 Å². The molecular formula is C34H46N6O3. The van der Waals surface area contributed by atoms with Gasteiger partial charge in [0.25, 0.3) is 0 Å². The van der Waals surface area contributed by atoms with Gasteiger partial charge in [-0.3, -0.25) is 9.80 Å². The monoisotopic (exact) mass is 586 g/mol. The third-order valence-electron chi connectivity index (χ3n) is 7.52. The number of pyridine rings is 1. The summed E-state index contributed by atoms with van der Waals surface area (Å²) in [5.74, 6) is 1.73. The summed E-state index contributed by atoms with van der Waals surface area (Å²) in [6.07, 6.45) is 5.95. The number of hydrazone groups is 1. The second-order valence-electron chi connectivity index (χ2n) is 11.5. The number of nitrogens with one attached hydrogen (secondary N) is 3. The minimum atomic E-state index is -0.124. The number of carbonyl (C=O) groups excluding carboxylic acids is 1. The van der Waals surface area contributed by atoms with Crippen LogP contribution in [0, 0.1) is 5.41 Å². The first-order valence-electron chi connectivity index (χ1n) is 15.3. The predicted molar refractivity (Wildman–Crippen MR) is 172 cm³/mol. The summed E-state index contributed by atoms with van der Waals surface area (Å²) in [4.78, 5) is 16.8. The third kappa shape index (κ3) is 10.1. The molecule has 0 saturated carbocycles. The first-order valence-corrected chi connectivity index (χ1v) is 15.3. The van der Waals surface area contributed by atoms with Crippen LogP contribution in [0.15, 0.2) is 77.9 Å². The summed E-state index contributed by atoms with van der Waals surface area (Å²) in [7, 11) is 1.67. The quantitative estimate of drug-likeness (QED) is 0.158. The number of hydrogen-bond donors (Lipinski definition) is 3. The molecule has 230 valence electrons. The maximum atomic E-state index is 12.0. The van der Waals surface area contributed by atoms with Gasteiger partial charge in [-0.05, 0) is 55.7 Å². The Hall–Kier alpha value is -3.95. The average molecular weight is 587 g/mol. The van der Waals surface area contributed by atoms with Crippen LogP contribution >= 0.6 is 0 Å². The molecule has 3 aromatic rings. The van der Waals surface area contributed by atoms with Crippen molar-refractivity contribution in [3.05, 3.63) is 72.8 Å². The highest BCUT2D eigenvalue weighted by Gasteiger charge is 2.32. The lowest BCUT2D eigenvalue weighted by molar-refractivity contribution is -0.121. The van der Waals surface area contributed by atoms with Crippen LogP contribution in [0.2, 0.25) is 0 Å². The molecule has 2 heterocycles. The first kappa shape index (κ1) is 32.0. The molecule has 4 rings (SSSR count). The summed E-state index contributed by atoms with van der Waals surface area (Å²) >= 11 is 0. The van der Waals surface area contributed by atoms with E-state index in [9.17, 15) is 4.79 Å². The molecule has 0 radical (unpaired) electrons. The molecule has 1 amide bonds. The van der Waals surface area contributed by atoms with Gasteiger partial charge in [-0.2, -0.15) is 0 Å². The lowest BCUT2D eigenvalue weighted by atomic mass is 9.85. The average Bonchev–Trinajstić information content (AvgIpc) is 3.52. The van der Waals surface area contributed by atoms with Crippen molar-refractivity contribution in [3.63, 3.8) is 0 Å². The Morgan fingerprint density at radius 1 is 0.884 bits per heavy atom. The third-order valence-corrected chi connectivity index (χ3v) is 7.52. The number of benzene rings is 2. The van der Waals surface area contributed by atoms with E-state index in [1.165, 1.54) is 0 Å². The second kappa shape index (κ2) is 16.6. The van der Waals surface area contributed by atoms with Crippen molar-refractivity contribution in [2.24, 2.45) is 10.5 Å². The topological polar surface area (TPSA) is 100 Å². The molecule has 9 heteroatoms. The van der Waals surface area contributed by atoms with Crippen molar-refractivity contribution in [1.82, 2.24) is 26.4 Å². The van der Waals surface area contributed by atoms with E-state index in [-0.39, 0.29) is 11.3 Å². The Morgan fingerprint density at radius 2 is 1.63 bits per heavy atom. The number of carbonyl (C=O) groups is 1. The van der Waals surface area contributed by atoms with Crippen LogP contribution in [-0.2, 0) is 9.53 Å². The minimum Gasteiger partial charge on any atom is -0.478 e. The van der Waals surface area contributed by atoms with E-state index < -0.39 is 0 Å². The Bertz CT molecular complexity index is 1240. The summed E-state index contributed by atoms with van der Waals surface area (Å²) in [5, 5.41) is 9.54. The maximum absolute atomic E-state index is 12.0. The molecule has 1 aliphatic rings. The number of rotatable bonds is 18. The van der Waals surface area contributed by atoms with Crippen molar-refractivity contribution >= 4 is 11.7 Å². The van der Waals surface area contributed by atoms with Gasteiger partial charge in [-0.25, -0.2) is 10.5 Å². The van der Waals surface area contributed by atoms with Gasteiger partial charge in [0.2, 0.25) is 11.8 Å². The molecule has 1 aliphatic heterocycles. The van der Waals surface area contributed by atoms with E-state index in [0.29, 0.717) is 32.1 Å². The molecule has 2 aromatic carbocycles. The number of hydrogen-bond acceptors (Lipinski definition) is 8. The van der Waals surface area contributed by atoms with Gasteiger partial charge in [0.05, 0.1) is 12.3 Å². The number of unbranched alkanes of at least 4 members (excludes halogenated alkanes) is 2. The second-order valence-corrected chi connectivity index (χ2v) is 11.5. The van der Waals surface area contributed by atoms with Crippen molar-refractivity contribution in [1.29, 1.82) is 0 Å². The highest BCUT2D eigenvalue weighted by molar-refractivity contribution is 5.87. The number of ether oxygens (including phenoxy) is 2. The summed E-state index contributed by atoms with van der Waals surface area (Å²) in [5.41, 5.74) is 10.1. The van der Waals surface area contributed by atoms with Crippen LogP contribution in [0.4, 0.5) is 0 Å². The number of amides is 1. The van der Waals surface area contributed by atoms with Gasteiger partial charge >= 0.3 is 0 Å². The number of nitrogens with zero attached hydrogens (tertiary/aromatic N) is 3.